The molecule has 0 unspecified atom stereocenters. The fourth-order valence-electron chi connectivity index (χ4n) is 1.49. The van der Waals surface area contributed by atoms with Gasteiger partial charge in [0.25, 0.3) is 0 Å². The Hall–Kier alpha value is -1.10. The van der Waals surface area contributed by atoms with Crippen LogP contribution in [0.5, 0.6) is 0 Å². The van der Waals surface area contributed by atoms with Crippen molar-refractivity contribution in [3.05, 3.63) is 0 Å². The van der Waals surface area contributed by atoms with Crippen LogP contribution in [-0.2, 0) is 14.3 Å². The van der Waals surface area contributed by atoms with Crippen molar-refractivity contribution < 1.29 is 24.5 Å². The van der Waals surface area contributed by atoms with E-state index < -0.39 is 17.5 Å². The Labute approximate surface area is 82.7 Å². The zero-order valence-electron chi connectivity index (χ0n) is 8.45. The first-order chi connectivity index (χ1) is 6.45. The van der Waals surface area contributed by atoms with Crippen molar-refractivity contribution in [1.29, 1.82) is 0 Å². The Morgan fingerprint density at radius 2 is 1.64 bits per heavy atom. The van der Waals surface area contributed by atoms with Crippen molar-refractivity contribution in [3.63, 3.8) is 0 Å². The number of aliphatic carboxylic acids is 2. The van der Waals surface area contributed by atoms with E-state index in [-0.39, 0.29) is 12.8 Å². The van der Waals surface area contributed by atoms with Gasteiger partial charge in [0.2, 0.25) is 0 Å². The zero-order chi connectivity index (χ0) is 11.2. The Balaban J connectivity index is 4.58. The minimum Gasteiger partial charge on any atom is -0.481 e. The summed E-state index contributed by atoms with van der Waals surface area (Å²) in [5, 5.41) is 17.3. The smallest absolute Gasteiger partial charge is 0.306 e. The largest absolute Gasteiger partial charge is 0.481 e. The van der Waals surface area contributed by atoms with Gasteiger partial charge in [-0.15, -0.1) is 0 Å². The van der Waals surface area contributed by atoms with Gasteiger partial charge in [-0.25, -0.2) is 0 Å². The second-order valence-electron chi connectivity index (χ2n) is 3.28. The summed E-state index contributed by atoms with van der Waals surface area (Å²) in [7, 11) is 1.35. The third-order valence-electron chi connectivity index (χ3n) is 2.09. The van der Waals surface area contributed by atoms with Crippen LogP contribution >= 0.6 is 0 Å². The molecule has 0 aromatic carbocycles. The lowest BCUT2D eigenvalue weighted by atomic mass is 9.90. The van der Waals surface area contributed by atoms with Crippen LogP contribution in [0.1, 0.15) is 32.6 Å². The fourth-order valence-corrected chi connectivity index (χ4v) is 1.49. The molecule has 0 aliphatic carbocycles. The predicted molar refractivity (Wildman–Crippen MR) is 49.2 cm³/mol. The van der Waals surface area contributed by atoms with Gasteiger partial charge in [-0.2, -0.15) is 0 Å². The first kappa shape index (κ1) is 12.9. The van der Waals surface area contributed by atoms with E-state index in [0.29, 0.717) is 12.8 Å². The van der Waals surface area contributed by atoms with Crippen molar-refractivity contribution in [2.24, 2.45) is 0 Å². The molecule has 0 spiro atoms. The maximum Gasteiger partial charge on any atom is 0.306 e. The lowest BCUT2D eigenvalue weighted by molar-refractivity contribution is -0.151. The molecule has 0 aromatic rings. The third-order valence-corrected chi connectivity index (χ3v) is 2.09. The third kappa shape index (κ3) is 4.23. The number of rotatable bonds is 7. The molecule has 0 saturated carbocycles. The molecule has 0 fully saturated rings. The van der Waals surface area contributed by atoms with Gasteiger partial charge < -0.3 is 14.9 Å². The summed E-state index contributed by atoms with van der Waals surface area (Å²) >= 11 is 0. The first-order valence-corrected chi connectivity index (χ1v) is 4.44. The topological polar surface area (TPSA) is 83.8 Å². The van der Waals surface area contributed by atoms with Crippen LogP contribution in [0.2, 0.25) is 0 Å². The Bertz CT molecular complexity index is 195. The van der Waals surface area contributed by atoms with Crippen LogP contribution in [0, 0.1) is 0 Å². The van der Waals surface area contributed by atoms with Gasteiger partial charge in [-0.1, -0.05) is 13.3 Å². The molecule has 0 atom stereocenters. The number of methoxy groups -OCH3 is 1. The molecule has 0 aliphatic heterocycles. The summed E-state index contributed by atoms with van der Waals surface area (Å²) in [5.41, 5.74) is -1.06. The van der Waals surface area contributed by atoms with Crippen molar-refractivity contribution in [1.82, 2.24) is 0 Å². The highest BCUT2D eigenvalue weighted by Gasteiger charge is 2.34. The first-order valence-electron chi connectivity index (χ1n) is 4.44. The van der Waals surface area contributed by atoms with E-state index in [1.165, 1.54) is 7.11 Å². The number of carboxylic acid groups (broad SMARTS) is 2. The average molecular weight is 204 g/mol. The summed E-state index contributed by atoms with van der Waals surface area (Å²) in [6.07, 6.45) is 0.573. The number of hydrogen-bond donors (Lipinski definition) is 2. The number of hydrogen-bond acceptors (Lipinski definition) is 3. The molecule has 0 amide bonds. The lowest BCUT2D eigenvalue weighted by Gasteiger charge is -2.28. The molecule has 82 valence electrons. The number of carboxylic acids is 2. The monoisotopic (exact) mass is 204 g/mol. The molecule has 0 saturated heterocycles. The molecule has 0 radical (unpaired) electrons. The van der Waals surface area contributed by atoms with Crippen molar-refractivity contribution in [2.45, 2.75) is 38.2 Å². The molecule has 0 aliphatic rings. The quantitative estimate of drug-likeness (QED) is 0.649. The molecule has 14 heavy (non-hydrogen) atoms. The van der Waals surface area contributed by atoms with E-state index in [0.717, 1.165) is 0 Å². The Morgan fingerprint density at radius 1 is 1.21 bits per heavy atom. The summed E-state index contributed by atoms with van der Waals surface area (Å²) in [6, 6.07) is 0. The van der Waals surface area contributed by atoms with Crippen LogP contribution in [-0.4, -0.2) is 34.9 Å². The standard InChI is InChI=1S/C9H16O5/c1-3-4-9(14-2,5-7(10)11)6-8(12)13/h3-6H2,1-2H3,(H,10,11)(H,12,13). The van der Waals surface area contributed by atoms with E-state index in [2.05, 4.69) is 0 Å². The zero-order valence-corrected chi connectivity index (χ0v) is 8.45. The summed E-state index contributed by atoms with van der Waals surface area (Å²) in [6.45, 7) is 1.86. The number of ether oxygens (including phenoxy) is 1. The van der Waals surface area contributed by atoms with E-state index in [4.69, 9.17) is 14.9 Å². The molecular formula is C9H16O5. The maximum absolute atomic E-state index is 10.6. The fraction of sp³-hybridized carbons (Fsp3) is 0.778. The summed E-state index contributed by atoms with van der Waals surface area (Å²) < 4.78 is 5.04. The van der Waals surface area contributed by atoms with Crippen LogP contribution in [0.3, 0.4) is 0 Å². The second kappa shape index (κ2) is 5.59. The Morgan fingerprint density at radius 3 is 1.86 bits per heavy atom. The average Bonchev–Trinajstić information content (AvgIpc) is 2.02. The van der Waals surface area contributed by atoms with Crippen LogP contribution < -0.4 is 0 Å². The minimum absolute atomic E-state index is 0.274. The van der Waals surface area contributed by atoms with Gasteiger partial charge >= 0.3 is 11.9 Å². The van der Waals surface area contributed by atoms with Gasteiger partial charge in [0.1, 0.15) is 0 Å². The molecule has 5 heteroatoms. The van der Waals surface area contributed by atoms with Crippen molar-refractivity contribution >= 4 is 11.9 Å². The molecule has 0 bridgehead atoms. The van der Waals surface area contributed by atoms with E-state index in [9.17, 15) is 9.59 Å². The van der Waals surface area contributed by atoms with E-state index in [1.807, 2.05) is 6.92 Å². The second-order valence-corrected chi connectivity index (χ2v) is 3.28. The van der Waals surface area contributed by atoms with Crippen LogP contribution in [0.25, 0.3) is 0 Å². The molecule has 0 rings (SSSR count). The summed E-state index contributed by atoms with van der Waals surface area (Å²) in [4.78, 5) is 21.1. The molecule has 0 heterocycles. The summed E-state index contributed by atoms with van der Waals surface area (Å²) in [5.74, 6) is -2.08. The maximum atomic E-state index is 10.6. The van der Waals surface area contributed by atoms with E-state index in [1.54, 1.807) is 0 Å². The SMILES string of the molecule is CCCC(CC(=O)O)(CC(=O)O)OC. The van der Waals surface area contributed by atoms with Gasteiger partial charge in [-0.05, 0) is 6.42 Å². The van der Waals surface area contributed by atoms with Gasteiger partial charge in [-0.3, -0.25) is 9.59 Å². The molecule has 5 nitrogen and oxygen atoms in total. The predicted octanol–water partition coefficient (Wildman–Crippen LogP) is 1.12. The minimum atomic E-state index is -1.06. The lowest BCUT2D eigenvalue weighted by Crippen LogP contribution is -2.36. The normalized spacial score (nSPS) is 11.3. The van der Waals surface area contributed by atoms with Crippen LogP contribution in [0.15, 0.2) is 0 Å². The molecule has 0 aromatic heterocycles. The van der Waals surface area contributed by atoms with Crippen molar-refractivity contribution in [2.75, 3.05) is 7.11 Å². The van der Waals surface area contributed by atoms with Gasteiger partial charge in [0.15, 0.2) is 0 Å². The highest BCUT2D eigenvalue weighted by molar-refractivity contribution is 5.72. The highest BCUT2D eigenvalue weighted by atomic mass is 16.5. The molecular weight excluding hydrogens is 188 g/mol. The van der Waals surface area contributed by atoms with Crippen molar-refractivity contribution in [3.8, 4) is 0 Å². The molecule has 2 N–H and O–H groups in total. The Kier molecular flexibility index (Phi) is 5.15. The van der Waals surface area contributed by atoms with Gasteiger partial charge in [0, 0.05) is 7.11 Å². The number of carbonyl (C=O) groups is 2. The highest BCUT2D eigenvalue weighted by Crippen LogP contribution is 2.26. The van der Waals surface area contributed by atoms with E-state index >= 15 is 0 Å². The van der Waals surface area contributed by atoms with Gasteiger partial charge in [0.05, 0.1) is 18.4 Å². The van der Waals surface area contributed by atoms with Crippen LogP contribution in [0.4, 0.5) is 0 Å².